The van der Waals surface area contributed by atoms with Crippen LogP contribution in [0.3, 0.4) is 0 Å². The van der Waals surface area contributed by atoms with Crippen molar-refractivity contribution >= 4 is 33.2 Å². The molecular formula is C17H16OS2. The second-order valence-corrected chi connectivity index (χ2v) is 6.83. The third-order valence-electron chi connectivity index (χ3n) is 3.46. The van der Waals surface area contributed by atoms with Gasteiger partial charge < -0.3 is 5.11 Å². The zero-order valence-electron chi connectivity index (χ0n) is 11.5. The van der Waals surface area contributed by atoms with Crippen LogP contribution in [0.5, 0.6) is 0 Å². The van der Waals surface area contributed by atoms with Crippen LogP contribution in [-0.2, 0) is 6.61 Å². The summed E-state index contributed by atoms with van der Waals surface area (Å²) in [6, 6.07) is 12.4. The maximum atomic E-state index is 9.45. The topological polar surface area (TPSA) is 20.2 Å². The highest BCUT2D eigenvalue weighted by Gasteiger charge is 2.11. The Morgan fingerprint density at radius 3 is 2.55 bits per heavy atom. The molecule has 1 heterocycles. The van der Waals surface area contributed by atoms with Crippen molar-refractivity contribution in [1.29, 1.82) is 0 Å². The molecule has 0 amide bonds. The molecule has 0 unspecified atom stereocenters. The SMILES string of the molecule is Cc1ccc(C)c2c(Sc3ccccc3CO)csc12. The lowest BCUT2D eigenvalue weighted by molar-refractivity contribution is 0.279. The van der Waals surface area contributed by atoms with Gasteiger partial charge in [0, 0.05) is 25.3 Å². The van der Waals surface area contributed by atoms with Crippen LogP contribution in [0.2, 0.25) is 0 Å². The van der Waals surface area contributed by atoms with E-state index in [0.717, 1.165) is 10.5 Å². The van der Waals surface area contributed by atoms with Gasteiger partial charge in [0.25, 0.3) is 0 Å². The summed E-state index contributed by atoms with van der Waals surface area (Å²) >= 11 is 3.55. The summed E-state index contributed by atoms with van der Waals surface area (Å²) in [6.45, 7) is 4.41. The monoisotopic (exact) mass is 300 g/mol. The van der Waals surface area contributed by atoms with E-state index in [9.17, 15) is 5.11 Å². The molecule has 0 radical (unpaired) electrons. The van der Waals surface area contributed by atoms with Crippen molar-refractivity contribution in [1.82, 2.24) is 0 Å². The molecule has 102 valence electrons. The number of benzene rings is 2. The first-order chi connectivity index (χ1) is 9.70. The van der Waals surface area contributed by atoms with Crippen molar-refractivity contribution in [3.05, 3.63) is 58.5 Å². The van der Waals surface area contributed by atoms with Gasteiger partial charge in [0.1, 0.15) is 0 Å². The zero-order chi connectivity index (χ0) is 14.1. The molecule has 3 heteroatoms. The molecule has 0 atom stereocenters. The van der Waals surface area contributed by atoms with Crippen molar-refractivity contribution in [3.63, 3.8) is 0 Å². The van der Waals surface area contributed by atoms with Crippen molar-refractivity contribution < 1.29 is 5.11 Å². The predicted octanol–water partition coefficient (Wildman–Crippen LogP) is 5.16. The fourth-order valence-corrected chi connectivity index (χ4v) is 4.74. The van der Waals surface area contributed by atoms with E-state index in [1.165, 1.54) is 26.1 Å². The average Bonchev–Trinajstić information content (AvgIpc) is 2.89. The molecule has 3 rings (SSSR count). The van der Waals surface area contributed by atoms with Crippen molar-refractivity contribution in [2.45, 2.75) is 30.2 Å². The van der Waals surface area contributed by atoms with E-state index >= 15 is 0 Å². The normalized spacial score (nSPS) is 11.2. The summed E-state index contributed by atoms with van der Waals surface area (Å²) < 4.78 is 1.37. The number of hydrogen-bond donors (Lipinski definition) is 1. The number of aryl methyl sites for hydroxylation is 2. The molecule has 0 bridgehead atoms. The summed E-state index contributed by atoms with van der Waals surface area (Å²) in [5.41, 5.74) is 3.64. The van der Waals surface area contributed by atoms with E-state index in [0.29, 0.717) is 0 Å². The molecule has 20 heavy (non-hydrogen) atoms. The second-order valence-electron chi connectivity index (χ2n) is 4.87. The molecule has 0 aliphatic rings. The summed E-state index contributed by atoms with van der Waals surface area (Å²) in [6.07, 6.45) is 0. The molecule has 0 saturated carbocycles. The first-order valence-electron chi connectivity index (χ1n) is 6.54. The second kappa shape index (κ2) is 5.60. The first kappa shape index (κ1) is 13.7. The van der Waals surface area contributed by atoms with Crippen LogP contribution >= 0.6 is 23.1 Å². The summed E-state index contributed by atoms with van der Waals surface area (Å²) in [5, 5.41) is 13.0. The van der Waals surface area contributed by atoms with E-state index in [1.54, 1.807) is 23.1 Å². The van der Waals surface area contributed by atoms with E-state index in [2.05, 4.69) is 37.4 Å². The zero-order valence-corrected chi connectivity index (χ0v) is 13.1. The Kier molecular flexibility index (Phi) is 3.83. The quantitative estimate of drug-likeness (QED) is 0.721. The van der Waals surface area contributed by atoms with Gasteiger partial charge in [-0.1, -0.05) is 42.1 Å². The Labute approximate surface area is 127 Å². The third-order valence-corrected chi connectivity index (χ3v) is 5.88. The van der Waals surface area contributed by atoms with Crippen LogP contribution in [0.15, 0.2) is 51.6 Å². The summed E-state index contributed by atoms with van der Waals surface area (Å²) in [7, 11) is 0. The molecule has 0 aliphatic heterocycles. The van der Waals surface area contributed by atoms with Gasteiger partial charge in [0.15, 0.2) is 0 Å². The van der Waals surface area contributed by atoms with Crippen LogP contribution in [0.1, 0.15) is 16.7 Å². The van der Waals surface area contributed by atoms with E-state index in [4.69, 9.17) is 0 Å². The van der Waals surface area contributed by atoms with Crippen molar-refractivity contribution in [3.8, 4) is 0 Å². The van der Waals surface area contributed by atoms with Crippen LogP contribution in [0.4, 0.5) is 0 Å². The molecule has 3 aromatic rings. The number of hydrogen-bond acceptors (Lipinski definition) is 3. The van der Waals surface area contributed by atoms with Gasteiger partial charge in [-0.15, -0.1) is 11.3 Å². The predicted molar refractivity (Wildman–Crippen MR) is 87.8 cm³/mol. The minimum Gasteiger partial charge on any atom is -0.392 e. The van der Waals surface area contributed by atoms with Gasteiger partial charge in [-0.25, -0.2) is 0 Å². The van der Waals surface area contributed by atoms with Crippen LogP contribution < -0.4 is 0 Å². The molecule has 1 aromatic heterocycles. The highest BCUT2D eigenvalue weighted by molar-refractivity contribution is 7.99. The Bertz CT molecular complexity index is 759. The summed E-state index contributed by atoms with van der Waals surface area (Å²) in [4.78, 5) is 2.42. The van der Waals surface area contributed by atoms with Gasteiger partial charge in [-0.2, -0.15) is 0 Å². The Morgan fingerprint density at radius 1 is 1.00 bits per heavy atom. The number of rotatable bonds is 3. The van der Waals surface area contributed by atoms with E-state index in [1.807, 2.05) is 18.2 Å². The molecule has 0 spiro atoms. The van der Waals surface area contributed by atoms with Crippen LogP contribution in [0, 0.1) is 13.8 Å². The standard InChI is InChI=1S/C17H16OS2/c1-11-7-8-12(2)17-16(11)15(10-19-17)20-14-6-4-3-5-13(14)9-18/h3-8,10,18H,9H2,1-2H3. The fraction of sp³-hybridized carbons (Fsp3) is 0.176. The van der Waals surface area contributed by atoms with Gasteiger partial charge >= 0.3 is 0 Å². The first-order valence-corrected chi connectivity index (χ1v) is 8.24. The lowest BCUT2D eigenvalue weighted by Gasteiger charge is -2.07. The fourth-order valence-electron chi connectivity index (χ4n) is 2.34. The molecule has 1 nitrogen and oxygen atoms in total. The minimum atomic E-state index is 0.0866. The van der Waals surface area contributed by atoms with Gasteiger partial charge in [0.2, 0.25) is 0 Å². The minimum absolute atomic E-state index is 0.0866. The third kappa shape index (κ3) is 2.37. The van der Waals surface area contributed by atoms with Crippen LogP contribution in [-0.4, -0.2) is 5.11 Å². The van der Waals surface area contributed by atoms with Crippen molar-refractivity contribution in [2.24, 2.45) is 0 Å². The Hall–Kier alpha value is -1.29. The molecule has 2 aromatic carbocycles. The molecule has 1 N–H and O–H groups in total. The summed E-state index contributed by atoms with van der Waals surface area (Å²) in [5.74, 6) is 0. The maximum absolute atomic E-state index is 9.45. The van der Waals surface area contributed by atoms with Crippen molar-refractivity contribution in [2.75, 3.05) is 0 Å². The van der Waals surface area contributed by atoms with Gasteiger partial charge in [-0.3, -0.25) is 0 Å². The number of fused-ring (bicyclic) bond motifs is 1. The van der Waals surface area contributed by atoms with Crippen LogP contribution in [0.25, 0.3) is 10.1 Å². The number of aliphatic hydroxyl groups is 1. The average molecular weight is 300 g/mol. The van der Waals surface area contributed by atoms with E-state index < -0.39 is 0 Å². The highest BCUT2D eigenvalue weighted by atomic mass is 32.2. The molecule has 0 aliphatic carbocycles. The molecule has 0 fully saturated rings. The number of aliphatic hydroxyl groups excluding tert-OH is 1. The number of thiophene rings is 1. The molecular weight excluding hydrogens is 284 g/mol. The molecule has 0 saturated heterocycles. The lowest BCUT2D eigenvalue weighted by Crippen LogP contribution is -1.86. The smallest absolute Gasteiger partial charge is 0.0692 e. The Morgan fingerprint density at radius 2 is 1.75 bits per heavy atom. The largest absolute Gasteiger partial charge is 0.392 e. The van der Waals surface area contributed by atoms with Gasteiger partial charge in [0.05, 0.1) is 6.61 Å². The highest BCUT2D eigenvalue weighted by Crippen LogP contribution is 2.41. The van der Waals surface area contributed by atoms with E-state index in [-0.39, 0.29) is 6.61 Å². The van der Waals surface area contributed by atoms with Gasteiger partial charge in [-0.05, 0) is 36.6 Å². The Balaban J connectivity index is 2.10. The lowest BCUT2D eigenvalue weighted by atomic mass is 10.1. The maximum Gasteiger partial charge on any atom is 0.0692 e.